The van der Waals surface area contributed by atoms with Gasteiger partial charge in [0.2, 0.25) is 0 Å². The normalized spacial score (nSPS) is 11.7. The van der Waals surface area contributed by atoms with E-state index in [4.69, 9.17) is 0 Å². The number of rotatable bonds is 4. The Bertz CT molecular complexity index is 1400. The molecule has 5 aromatic carbocycles. The van der Waals surface area contributed by atoms with E-state index in [2.05, 4.69) is 128 Å². The molecule has 154 valence electrons. The molecule has 1 heteroatoms. The van der Waals surface area contributed by atoms with Gasteiger partial charge in [-0.3, -0.25) is 0 Å². The summed E-state index contributed by atoms with van der Waals surface area (Å²) in [4.78, 5) is 2.46. The van der Waals surface area contributed by atoms with E-state index in [-0.39, 0.29) is 0 Å². The number of nitrogens with zero attached hydrogens (tertiary/aromatic N) is 1. The zero-order valence-electron chi connectivity index (χ0n) is 18.4. The predicted molar refractivity (Wildman–Crippen MR) is 138 cm³/mol. The average molecular weight is 412 g/mol. The lowest BCUT2D eigenvalue weighted by atomic mass is 9.99. The molecule has 5 aromatic rings. The molecule has 0 bridgehead atoms. The Hall–Kier alpha value is -3.84. The third kappa shape index (κ3) is 2.85. The van der Waals surface area contributed by atoms with Crippen LogP contribution in [0.4, 0.5) is 11.4 Å². The second-order valence-corrected chi connectivity index (χ2v) is 8.78. The Kier molecular flexibility index (Phi) is 4.36. The largest absolute Gasteiger partial charge is 0.338 e. The Morgan fingerprint density at radius 1 is 0.500 bits per heavy atom. The standard InChI is InChI=1S/C31H25N/c1-21(2)32(24-17-15-23(16-18-24)22-9-4-3-5-10-22)30-20-19-28-26-12-7-6-11-25(26)27-13-8-14-29(30)31(27)28/h3-21H,1-2H3. The second-order valence-electron chi connectivity index (χ2n) is 8.78. The molecule has 32 heavy (non-hydrogen) atoms. The molecule has 1 aliphatic rings. The second kappa shape index (κ2) is 7.39. The SMILES string of the molecule is CC(C)N(c1ccc(-c2ccccc2)cc1)c1ccc2c3c(cccc13)-c1ccccc1-2. The molecule has 0 unspecified atom stereocenters. The molecular weight excluding hydrogens is 386 g/mol. The van der Waals surface area contributed by atoms with Crippen molar-refractivity contribution in [2.75, 3.05) is 4.90 Å². The molecule has 0 heterocycles. The van der Waals surface area contributed by atoms with Gasteiger partial charge in [0.1, 0.15) is 0 Å². The lowest BCUT2D eigenvalue weighted by Crippen LogP contribution is -2.25. The van der Waals surface area contributed by atoms with E-state index in [0.29, 0.717) is 6.04 Å². The summed E-state index contributed by atoms with van der Waals surface area (Å²) in [6.45, 7) is 4.53. The molecule has 0 amide bonds. The van der Waals surface area contributed by atoms with Gasteiger partial charge >= 0.3 is 0 Å². The zero-order valence-corrected chi connectivity index (χ0v) is 18.4. The Balaban J connectivity index is 1.50. The Morgan fingerprint density at radius 2 is 1.09 bits per heavy atom. The topological polar surface area (TPSA) is 3.24 Å². The quantitative estimate of drug-likeness (QED) is 0.280. The number of hydrogen-bond acceptors (Lipinski definition) is 1. The minimum Gasteiger partial charge on any atom is -0.338 e. The maximum absolute atomic E-state index is 2.46. The van der Waals surface area contributed by atoms with Gasteiger partial charge in [0.15, 0.2) is 0 Å². The minimum atomic E-state index is 0.332. The summed E-state index contributed by atoms with van der Waals surface area (Å²) in [5, 5.41) is 2.69. The fourth-order valence-corrected chi connectivity index (χ4v) is 5.16. The Labute approximate surface area is 189 Å². The number of benzene rings is 5. The highest BCUT2D eigenvalue weighted by Gasteiger charge is 2.24. The van der Waals surface area contributed by atoms with Crippen molar-refractivity contribution >= 4 is 22.1 Å². The first-order chi connectivity index (χ1) is 15.7. The molecule has 1 aliphatic carbocycles. The molecule has 6 rings (SSSR count). The number of fused-ring (bicyclic) bond motifs is 3. The molecule has 0 atom stereocenters. The van der Waals surface area contributed by atoms with Gasteiger partial charge in [-0.15, -0.1) is 0 Å². The van der Waals surface area contributed by atoms with Gasteiger partial charge in [0.25, 0.3) is 0 Å². The van der Waals surface area contributed by atoms with Crippen molar-refractivity contribution in [1.82, 2.24) is 0 Å². The van der Waals surface area contributed by atoms with Crippen LogP contribution in [0.5, 0.6) is 0 Å². The molecule has 0 spiro atoms. The van der Waals surface area contributed by atoms with Crippen LogP contribution in [-0.4, -0.2) is 6.04 Å². The van der Waals surface area contributed by atoms with E-state index in [9.17, 15) is 0 Å². The van der Waals surface area contributed by atoms with Gasteiger partial charge in [0.05, 0.1) is 0 Å². The lowest BCUT2D eigenvalue weighted by Gasteiger charge is -2.31. The summed E-state index contributed by atoms with van der Waals surface area (Å²) in [5.41, 5.74) is 10.3. The monoisotopic (exact) mass is 411 g/mol. The maximum Gasteiger partial charge on any atom is 0.0493 e. The van der Waals surface area contributed by atoms with Crippen LogP contribution in [0.1, 0.15) is 13.8 Å². The van der Waals surface area contributed by atoms with Crippen LogP contribution in [0.3, 0.4) is 0 Å². The highest BCUT2D eigenvalue weighted by molar-refractivity contribution is 6.18. The van der Waals surface area contributed by atoms with Crippen molar-refractivity contribution in [3.05, 3.63) is 109 Å². The molecule has 0 saturated carbocycles. The van der Waals surface area contributed by atoms with Gasteiger partial charge in [-0.1, -0.05) is 91.0 Å². The van der Waals surface area contributed by atoms with Gasteiger partial charge in [-0.2, -0.15) is 0 Å². The molecule has 0 radical (unpaired) electrons. The first-order valence-electron chi connectivity index (χ1n) is 11.3. The van der Waals surface area contributed by atoms with Crippen molar-refractivity contribution in [2.45, 2.75) is 19.9 Å². The summed E-state index contributed by atoms with van der Waals surface area (Å²) in [5.74, 6) is 0. The van der Waals surface area contributed by atoms with Crippen molar-refractivity contribution in [1.29, 1.82) is 0 Å². The van der Waals surface area contributed by atoms with Crippen molar-refractivity contribution in [2.24, 2.45) is 0 Å². The van der Waals surface area contributed by atoms with Crippen LogP contribution < -0.4 is 4.90 Å². The van der Waals surface area contributed by atoms with Gasteiger partial charge in [0, 0.05) is 22.8 Å². The van der Waals surface area contributed by atoms with Crippen molar-refractivity contribution < 1.29 is 0 Å². The predicted octanol–water partition coefficient (Wildman–Crippen LogP) is 8.70. The van der Waals surface area contributed by atoms with Gasteiger partial charge in [-0.25, -0.2) is 0 Å². The molecule has 0 aromatic heterocycles. The first-order valence-corrected chi connectivity index (χ1v) is 11.3. The van der Waals surface area contributed by atoms with Crippen LogP contribution in [0.15, 0.2) is 109 Å². The molecular formula is C31H25N. The van der Waals surface area contributed by atoms with E-state index < -0.39 is 0 Å². The molecule has 1 nitrogen and oxygen atoms in total. The van der Waals surface area contributed by atoms with Crippen LogP contribution in [-0.2, 0) is 0 Å². The van der Waals surface area contributed by atoms with Crippen LogP contribution in [0.2, 0.25) is 0 Å². The maximum atomic E-state index is 2.46. The summed E-state index contributed by atoms with van der Waals surface area (Å²) in [6, 6.07) is 40.0. The zero-order chi connectivity index (χ0) is 21.7. The van der Waals surface area contributed by atoms with Gasteiger partial charge in [-0.05, 0) is 70.8 Å². The average Bonchev–Trinajstić information content (AvgIpc) is 3.17. The highest BCUT2D eigenvalue weighted by Crippen LogP contribution is 2.50. The Morgan fingerprint density at radius 3 is 1.78 bits per heavy atom. The van der Waals surface area contributed by atoms with Crippen LogP contribution in [0, 0.1) is 0 Å². The summed E-state index contributed by atoms with van der Waals surface area (Å²) in [6.07, 6.45) is 0. The van der Waals surface area contributed by atoms with E-state index in [1.165, 1.54) is 55.5 Å². The van der Waals surface area contributed by atoms with E-state index in [0.717, 1.165) is 0 Å². The first kappa shape index (κ1) is 18.9. The smallest absolute Gasteiger partial charge is 0.0493 e. The lowest BCUT2D eigenvalue weighted by molar-refractivity contribution is 0.791. The molecule has 0 N–H and O–H groups in total. The van der Waals surface area contributed by atoms with Crippen LogP contribution in [0.25, 0.3) is 44.2 Å². The number of hydrogen-bond donors (Lipinski definition) is 0. The highest BCUT2D eigenvalue weighted by atomic mass is 15.2. The molecule has 0 aliphatic heterocycles. The fourth-order valence-electron chi connectivity index (χ4n) is 5.16. The molecule has 0 saturated heterocycles. The third-order valence-electron chi connectivity index (χ3n) is 6.55. The van der Waals surface area contributed by atoms with E-state index >= 15 is 0 Å². The van der Waals surface area contributed by atoms with Crippen LogP contribution >= 0.6 is 0 Å². The fraction of sp³-hybridized carbons (Fsp3) is 0.0968. The van der Waals surface area contributed by atoms with Gasteiger partial charge < -0.3 is 4.90 Å². The summed E-state index contributed by atoms with van der Waals surface area (Å²) in [7, 11) is 0. The van der Waals surface area contributed by atoms with Crippen molar-refractivity contribution in [3.63, 3.8) is 0 Å². The third-order valence-corrected chi connectivity index (χ3v) is 6.55. The minimum absolute atomic E-state index is 0.332. The molecule has 0 fully saturated rings. The summed E-state index contributed by atoms with van der Waals surface area (Å²) < 4.78 is 0. The number of anilines is 2. The van der Waals surface area contributed by atoms with E-state index in [1.54, 1.807) is 0 Å². The van der Waals surface area contributed by atoms with Crippen molar-refractivity contribution in [3.8, 4) is 33.4 Å². The van der Waals surface area contributed by atoms with E-state index in [1.807, 2.05) is 0 Å². The summed E-state index contributed by atoms with van der Waals surface area (Å²) >= 11 is 0.